The third-order valence-corrected chi connectivity index (χ3v) is 3.24. The van der Waals surface area contributed by atoms with Crippen molar-refractivity contribution in [2.75, 3.05) is 31.4 Å². The van der Waals surface area contributed by atoms with Gasteiger partial charge >= 0.3 is 0 Å². The average Bonchev–Trinajstić information content (AvgIpc) is 2.52. The lowest BCUT2D eigenvalue weighted by Gasteiger charge is -2.14. The molecule has 0 aromatic heterocycles. The molecule has 0 fully saturated rings. The Balaban J connectivity index is 2.10. The molecule has 0 atom stereocenters. The second-order valence-electron chi connectivity index (χ2n) is 4.94. The summed E-state index contributed by atoms with van der Waals surface area (Å²) in [6.45, 7) is 0.662. The van der Waals surface area contributed by atoms with Gasteiger partial charge in [-0.15, -0.1) is 0 Å². The number of hydrogen-bond acceptors (Lipinski definition) is 4. The molecule has 0 spiro atoms. The first-order valence-corrected chi connectivity index (χ1v) is 6.72. The van der Waals surface area contributed by atoms with Crippen LogP contribution in [0.15, 0.2) is 42.5 Å². The van der Waals surface area contributed by atoms with Crippen LogP contribution in [0, 0.1) is 11.3 Å². The van der Waals surface area contributed by atoms with E-state index in [0.29, 0.717) is 17.9 Å². The van der Waals surface area contributed by atoms with Crippen LogP contribution in [0.4, 0.5) is 11.4 Å². The van der Waals surface area contributed by atoms with E-state index in [1.54, 1.807) is 7.11 Å². The molecular formula is C17H19N3O. The van der Waals surface area contributed by atoms with Gasteiger partial charge in [-0.05, 0) is 35.9 Å². The summed E-state index contributed by atoms with van der Waals surface area (Å²) in [5.74, 6) is 0.607. The van der Waals surface area contributed by atoms with Crippen LogP contribution in [-0.2, 0) is 6.54 Å². The number of nitrogens with zero attached hydrogens (tertiary/aromatic N) is 2. The van der Waals surface area contributed by atoms with Gasteiger partial charge in [0.2, 0.25) is 0 Å². The van der Waals surface area contributed by atoms with Gasteiger partial charge in [0.05, 0.1) is 12.7 Å². The fourth-order valence-corrected chi connectivity index (χ4v) is 2.05. The summed E-state index contributed by atoms with van der Waals surface area (Å²) in [6.07, 6.45) is 0. The molecule has 1 N–H and O–H groups in total. The molecule has 2 aromatic carbocycles. The predicted octanol–water partition coefficient (Wildman–Crippen LogP) is 3.24. The second-order valence-corrected chi connectivity index (χ2v) is 4.94. The van der Waals surface area contributed by atoms with Gasteiger partial charge in [0.1, 0.15) is 11.8 Å². The number of nitriles is 1. The molecule has 4 heteroatoms. The highest BCUT2D eigenvalue weighted by atomic mass is 16.5. The Morgan fingerprint density at radius 2 is 2.00 bits per heavy atom. The molecule has 0 heterocycles. The molecule has 0 radical (unpaired) electrons. The van der Waals surface area contributed by atoms with Gasteiger partial charge in [0.15, 0.2) is 0 Å². The third kappa shape index (κ3) is 3.67. The van der Waals surface area contributed by atoms with E-state index in [1.165, 1.54) is 0 Å². The molecule has 0 bridgehead atoms. The smallest absolute Gasteiger partial charge is 0.136 e. The molecule has 108 valence electrons. The van der Waals surface area contributed by atoms with E-state index in [9.17, 15) is 0 Å². The van der Waals surface area contributed by atoms with E-state index in [2.05, 4.69) is 28.4 Å². The summed E-state index contributed by atoms with van der Waals surface area (Å²) in [6, 6.07) is 16.0. The predicted molar refractivity (Wildman–Crippen MR) is 85.8 cm³/mol. The number of rotatable bonds is 5. The summed E-state index contributed by atoms with van der Waals surface area (Å²) in [7, 11) is 5.60. The number of ether oxygens (including phenoxy) is 1. The molecule has 0 aliphatic rings. The van der Waals surface area contributed by atoms with Crippen molar-refractivity contribution >= 4 is 11.4 Å². The monoisotopic (exact) mass is 281 g/mol. The summed E-state index contributed by atoms with van der Waals surface area (Å²) in [5.41, 5.74) is 3.80. The van der Waals surface area contributed by atoms with E-state index >= 15 is 0 Å². The molecular weight excluding hydrogens is 262 g/mol. The highest BCUT2D eigenvalue weighted by Gasteiger charge is 2.04. The van der Waals surface area contributed by atoms with Gasteiger partial charge in [-0.1, -0.05) is 12.1 Å². The van der Waals surface area contributed by atoms with Crippen molar-refractivity contribution in [3.05, 3.63) is 53.6 Å². The Labute approximate surface area is 125 Å². The van der Waals surface area contributed by atoms with E-state index in [4.69, 9.17) is 10.00 Å². The highest BCUT2D eigenvalue weighted by molar-refractivity contribution is 5.57. The van der Waals surface area contributed by atoms with Crippen LogP contribution in [0.2, 0.25) is 0 Å². The van der Waals surface area contributed by atoms with E-state index in [-0.39, 0.29) is 0 Å². The fraction of sp³-hybridized carbons (Fsp3) is 0.235. The molecule has 2 rings (SSSR count). The summed E-state index contributed by atoms with van der Waals surface area (Å²) < 4.78 is 5.15. The largest absolute Gasteiger partial charge is 0.495 e. The Morgan fingerprint density at radius 1 is 1.19 bits per heavy atom. The molecule has 0 amide bonds. The minimum Gasteiger partial charge on any atom is -0.495 e. The van der Waals surface area contributed by atoms with Crippen LogP contribution in [0.25, 0.3) is 0 Å². The van der Waals surface area contributed by atoms with Crippen molar-refractivity contribution in [3.8, 4) is 11.8 Å². The number of hydrogen-bond donors (Lipinski definition) is 1. The van der Waals surface area contributed by atoms with Crippen LogP contribution < -0.4 is 15.0 Å². The van der Waals surface area contributed by atoms with Crippen molar-refractivity contribution in [3.63, 3.8) is 0 Å². The topological polar surface area (TPSA) is 48.3 Å². The highest BCUT2D eigenvalue weighted by Crippen LogP contribution is 2.21. The van der Waals surface area contributed by atoms with Gasteiger partial charge < -0.3 is 15.0 Å². The lowest BCUT2D eigenvalue weighted by Crippen LogP contribution is -2.09. The summed E-state index contributed by atoms with van der Waals surface area (Å²) in [5, 5.41) is 12.5. The van der Waals surface area contributed by atoms with Gasteiger partial charge in [0.25, 0.3) is 0 Å². The van der Waals surface area contributed by atoms with Gasteiger partial charge in [-0.2, -0.15) is 5.26 Å². The summed E-state index contributed by atoms with van der Waals surface area (Å²) in [4.78, 5) is 2.06. The maximum Gasteiger partial charge on any atom is 0.136 e. The van der Waals surface area contributed by atoms with E-state index in [0.717, 1.165) is 16.9 Å². The molecule has 2 aromatic rings. The molecule has 0 saturated heterocycles. The minimum absolute atomic E-state index is 0.554. The summed E-state index contributed by atoms with van der Waals surface area (Å²) >= 11 is 0. The second kappa shape index (κ2) is 6.67. The van der Waals surface area contributed by atoms with Crippen molar-refractivity contribution < 1.29 is 4.74 Å². The Kier molecular flexibility index (Phi) is 4.68. The lowest BCUT2D eigenvalue weighted by molar-refractivity contribution is 0.413. The number of nitrogens with one attached hydrogen (secondary N) is 1. The molecule has 0 aliphatic carbocycles. The quantitative estimate of drug-likeness (QED) is 0.914. The zero-order valence-corrected chi connectivity index (χ0v) is 12.6. The van der Waals surface area contributed by atoms with Crippen LogP contribution in [0.5, 0.6) is 5.75 Å². The van der Waals surface area contributed by atoms with Crippen molar-refractivity contribution in [2.24, 2.45) is 0 Å². The van der Waals surface area contributed by atoms with Crippen LogP contribution in [-0.4, -0.2) is 21.2 Å². The van der Waals surface area contributed by atoms with Crippen molar-refractivity contribution in [1.29, 1.82) is 5.26 Å². The van der Waals surface area contributed by atoms with Crippen LogP contribution in [0.1, 0.15) is 11.1 Å². The Morgan fingerprint density at radius 3 is 2.67 bits per heavy atom. The number of benzene rings is 2. The first-order chi connectivity index (χ1) is 10.1. The molecule has 0 aliphatic heterocycles. The first-order valence-electron chi connectivity index (χ1n) is 6.72. The Bertz CT molecular complexity index is 659. The van der Waals surface area contributed by atoms with Crippen LogP contribution >= 0.6 is 0 Å². The molecule has 4 nitrogen and oxygen atoms in total. The zero-order chi connectivity index (χ0) is 15.2. The number of methoxy groups -OCH3 is 1. The first kappa shape index (κ1) is 14.7. The SMILES string of the molecule is COc1ccc(CNc2cccc(N(C)C)c2)cc1C#N. The van der Waals surface area contributed by atoms with Gasteiger partial charge in [-0.25, -0.2) is 0 Å². The molecule has 0 unspecified atom stereocenters. The lowest BCUT2D eigenvalue weighted by atomic mass is 10.1. The molecule has 0 saturated carbocycles. The normalized spacial score (nSPS) is 9.81. The van der Waals surface area contributed by atoms with Crippen molar-refractivity contribution in [2.45, 2.75) is 6.54 Å². The molecule has 21 heavy (non-hydrogen) atoms. The van der Waals surface area contributed by atoms with Gasteiger partial charge in [-0.3, -0.25) is 0 Å². The standard InChI is InChI=1S/C17H19N3O/c1-20(2)16-6-4-5-15(10-16)19-12-13-7-8-17(21-3)14(9-13)11-18/h4-10,19H,12H2,1-3H3. The number of anilines is 2. The maximum atomic E-state index is 9.10. The zero-order valence-electron chi connectivity index (χ0n) is 12.6. The minimum atomic E-state index is 0.554. The Hall–Kier alpha value is -2.67. The van der Waals surface area contributed by atoms with E-state index < -0.39 is 0 Å². The van der Waals surface area contributed by atoms with Gasteiger partial charge in [0, 0.05) is 32.0 Å². The van der Waals surface area contributed by atoms with Crippen molar-refractivity contribution in [1.82, 2.24) is 0 Å². The fourth-order valence-electron chi connectivity index (χ4n) is 2.05. The average molecular weight is 281 g/mol. The maximum absolute atomic E-state index is 9.10. The third-order valence-electron chi connectivity index (χ3n) is 3.24. The van der Waals surface area contributed by atoms with Crippen LogP contribution in [0.3, 0.4) is 0 Å². The van der Waals surface area contributed by atoms with E-state index in [1.807, 2.05) is 44.4 Å².